The lowest BCUT2D eigenvalue weighted by atomic mass is 9.96. The fourth-order valence-electron chi connectivity index (χ4n) is 4.59. The average Bonchev–Trinajstić information content (AvgIpc) is 3.18. The maximum absolute atomic E-state index is 13.0. The summed E-state index contributed by atoms with van der Waals surface area (Å²) in [4.78, 5) is 29.3. The van der Waals surface area contributed by atoms with Gasteiger partial charge in [0.05, 0.1) is 10.0 Å². The highest BCUT2D eigenvalue weighted by atomic mass is 35.5. The van der Waals surface area contributed by atoms with Crippen molar-refractivity contribution in [2.45, 2.75) is 50.2 Å². The smallest absolute Gasteiger partial charge is 0.239 e. The lowest BCUT2D eigenvalue weighted by Gasteiger charge is -2.36. The van der Waals surface area contributed by atoms with Crippen LogP contribution >= 0.6 is 35.6 Å². The molecular formula is C19H24Cl3N3O2. The van der Waals surface area contributed by atoms with Gasteiger partial charge in [-0.2, -0.15) is 0 Å². The first-order valence-corrected chi connectivity index (χ1v) is 9.99. The van der Waals surface area contributed by atoms with Crippen molar-refractivity contribution in [3.63, 3.8) is 0 Å². The van der Waals surface area contributed by atoms with Gasteiger partial charge in [0.2, 0.25) is 11.8 Å². The number of anilines is 1. The van der Waals surface area contributed by atoms with E-state index in [4.69, 9.17) is 23.2 Å². The van der Waals surface area contributed by atoms with E-state index in [2.05, 4.69) is 5.32 Å². The highest BCUT2D eigenvalue weighted by molar-refractivity contribution is 6.42. The largest absolute Gasteiger partial charge is 0.342 e. The van der Waals surface area contributed by atoms with Gasteiger partial charge in [0, 0.05) is 37.4 Å². The third kappa shape index (κ3) is 3.93. The minimum absolute atomic E-state index is 0. The van der Waals surface area contributed by atoms with E-state index in [0.29, 0.717) is 40.8 Å². The van der Waals surface area contributed by atoms with E-state index >= 15 is 0 Å². The first kappa shape index (κ1) is 20.7. The molecule has 1 N–H and O–H groups in total. The molecule has 5 nitrogen and oxygen atoms in total. The van der Waals surface area contributed by atoms with Crippen molar-refractivity contribution in [3.05, 3.63) is 28.2 Å². The average molecular weight is 433 g/mol. The number of fused-ring (bicyclic) bond motifs is 2. The normalized spacial score (nSPS) is 29.6. The van der Waals surface area contributed by atoms with Gasteiger partial charge in [-0.3, -0.25) is 9.59 Å². The molecule has 3 heterocycles. The summed E-state index contributed by atoms with van der Waals surface area (Å²) in [5.74, 6) is -0.789. The van der Waals surface area contributed by atoms with Crippen LogP contribution in [0.2, 0.25) is 10.0 Å². The molecule has 3 aliphatic heterocycles. The highest BCUT2D eigenvalue weighted by Gasteiger charge is 2.42. The quantitative estimate of drug-likeness (QED) is 0.744. The van der Waals surface area contributed by atoms with E-state index in [1.807, 2.05) is 11.9 Å². The zero-order valence-corrected chi connectivity index (χ0v) is 17.5. The van der Waals surface area contributed by atoms with Gasteiger partial charge < -0.3 is 15.1 Å². The van der Waals surface area contributed by atoms with Crippen molar-refractivity contribution in [1.29, 1.82) is 0 Å². The van der Waals surface area contributed by atoms with E-state index in [0.717, 1.165) is 12.8 Å². The number of hydrogen-bond acceptors (Lipinski definition) is 3. The Morgan fingerprint density at radius 3 is 2.44 bits per heavy atom. The molecule has 0 radical (unpaired) electrons. The molecule has 0 spiro atoms. The molecule has 3 saturated heterocycles. The van der Waals surface area contributed by atoms with Crippen LogP contribution in [0.25, 0.3) is 0 Å². The third-order valence-corrected chi connectivity index (χ3v) is 6.80. The number of carbonyl (C=O) groups excluding carboxylic acids is 2. The number of amides is 2. The molecular weight excluding hydrogens is 409 g/mol. The second-order valence-electron chi connectivity index (χ2n) is 7.64. The van der Waals surface area contributed by atoms with Crippen LogP contribution < -0.4 is 10.2 Å². The summed E-state index contributed by atoms with van der Waals surface area (Å²) in [6.07, 6.45) is 4.89. The van der Waals surface area contributed by atoms with Crippen molar-refractivity contribution in [1.82, 2.24) is 10.2 Å². The van der Waals surface area contributed by atoms with Crippen molar-refractivity contribution >= 4 is 53.1 Å². The van der Waals surface area contributed by atoms with Gasteiger partial charge in [-0.15, -0.1) is 12.4 Å². The molecule has 3 atom stereocenters. The number of rotatable bonds is 3. The molecule has 4 rings (SSSR count). The maximum atomic E-state index is 13.0. The number of carbonyl (C=O) groups is 2. The molecule has 3 aliphatic rings. The SMILES string of the molecule is CN(C(=O)C1CCN(c2ccc(Cl)c(Cl)c2)C1=O)C1CC2CCC(C1)N2.Cl. The maximum Gasteiger partial charge on any atom is 0.239 e. The van der Waals surface area contributed by atoms with E-state index in [-0.39, 0.29) is 30.3 Å². The second kappa shape index (κ2) is 8.16. The number of piperidine rings is 1. The first-order valence-electron chi connectivity index (χ1n) is 9.23. The molecule has 3 fully saturated rings. The molecule has 0 saturated carbocycles. The van der Waals surface area contributed by atoms with Crippen molar-refractivity contribution in [2.75, 3.05) is 18.5 Å². The zero-order valence-electron chi connectivity index (χ0n) is 15.2. The predicted octanol–water partition coefficient (Wildman–Crippen LogP) is 3.51. The zero-order chi connectivity index (χ0) is 18.4. The van der Waals surface area contributed by atoms with Crippen LogP contribution in [0.15, 0.2) is 18.2 Å². The monoisotopic (exact) mass is 431 g/mol. The first-order chi connectivity index (χ1) is 12.4. The fourth-order valence-corrected chi connectivity index (χ4v) is 4.88. The molecule has 0 aliphatic carbocycles. The van der Waals surface area contributed by atoms with Gasteiger partial charge in [0.25, 0.3) is 0 Å². The Bertz CT molecular complexity index is 733. The van der Waals surface area contributed by atoms with Crippen LogP contribution in [0.1, 0.15) is 32.1 Å². The summed E-state index contributed by atoms with van der Waals surface area (Å²) in [7, 11) is 1.85. The summed E-state index contributed by atoms with van der Waals surface area (Å²) in [6.45, 7) is 0.526. The van der Waals surface area contributed by atoms with E-state index in [1.54, 1.807) is 23.1 Å². The van der Waals surface area contributed by atoms with E-state index in [9.17, 15) is 9.59 Å². The van der Waals surface area contributed by atoms with Gasteiger partial charge in [-0.1, -0.05) is 23.2 Å². The molecule has 0 aromatic heterocycles. The molecule has 8 heteroatoms. The van der Waals surface area contributed by atoms with Crippen molar-refractivity contribution < 1.29 is 9.59 Å². The van der Waals surface area contributed by atoms with Crippen molar-refractivity contribution in [2.24, 2.45) is 5.92 Å². The summed E-state index contributed by atoms with van der Waals surface area (Å²) in [6, 6.07) is 6.39. The molecule has 2 amide bonds. The minimum atomic E-state index is -0.595. The highest BCUT2D eigenvalue weighted by Crippen LogP contribution is 2.33. The van der Waals surface area contributed by atoms with Gasteiger partial charge >= 0.3 is 0 Å². The van der Waals surface area contributed by atoms with Gasteiger partial charge in [0.15, 0.2) is 0 Å². The molecule has 1 aromatic carbocycles. The van der Waals surface area contributed by atoms with Gasteiger partial charge in [-0.25, -0.2) is 0 Å². The third-order valence-electron chi connectivity index (χ3n) is 6.06. The number of nitrogens with zero attached hydrogens (tertiary/aromatic N) is 2. The standard InChI is InChI=1S/C19H23Cl2N3O2.ClH/c1-23(14-8-11-2-3-12(9-14)22-11)18(25)15-6-7-24(19(15)26)13-4-5-16(20)17(21)10-13;/h4-5,10-12,14-15,22H,2-3,6-9H2,1H3;1H. The fraction of sp³-hybridized carbons (Fsp3) is 0.579. The summed E-state index contributed by atoms with van der Waals surface area (Å²) < 4.78 is 0. The van der Waals surface area contributed by atoms with Crippen LogP contribution in [-0.4, -0.2) is 48.4 Å². The second-order valence-corrected chi connectivity index (χ2v) is 8.46. The van der Waals surface area contributed by atoms with Crippen molar-refractivity contribution in [3.8, 4) is 0 Å². The van der Waals surface area contributed by atoms with Crippen LogP contribution in [0.4, 0.5) is 5.69 Å². The molecule has 2 bridgehead atoms. The van der Waals surface area contributed by atoms with Crippen LogP contribution in [0, 0.1) is 5.92 Å². The lowest BCUT2D eigenvalue weighted by Crippen LogP contribution is -2.50. The Hall–Kier alpha value is -1.01. The molecule has 1 aromatic rings. The van der Waals surface area contributed by atoms with Gasteiger partial charge in [-0.05, 0) is 50.3 Å². The van der Waals surface area contributed by atoms with Crippen LogP contribution in [-0.2, 0) is 9.59 Å². The number of benzene rings is 1. The lowest BCUT2D eigenvalue weighted by molar-refractivity contribution is -0.141. The number of nitrogens with one attached hydrogen (secondary N) is 1. The predicted molar refractivity (Wildman–Crippen MR) is 110 cm³/mol. The Balaban J connectivity index is 0.00000210. The Labute approximate surface area is 175 Å². The van der Waals surface area contributed by atoms with Crippen LogP contribution in [0.5, 0.6) is 0 Å². The summed E-state index contributed by atoms with van der Waals surface area (Å²) in [5, 5.41) is 4.46. The Morgan fingerprint density at radius 2 is 1.81 bits per heavy atom. The number of halogens is 3. The Kier molecular flexibility index (Phi) is 6.26. The van der Waals surface area contributed by atoms with Crippen LogP contribution in [0.3, 0.4) is 0 Å². The molecule has 3 unspecified atom stereocenters. The summed E-state index contributed by atoms with van der Waals surface area (Å²) in [5.41, 5.74) is 0.697. The van der Waals surface area contributed by atoms with E-state index in [1.165, 1.54) is 12.8 Å². The molecule has 148 valence electrons. The Morgan fingerprint density at radius 1 is 1.15 bits per heavy atom. The molecule has 27 heavy (non-hydrogen) atoms. The van der Waals surface area contributed by atoms with Gasteiger partial charge in [0.1, 0.15) is 5.92 Å². The van der Waals surface area contributed by atoms with E-state index < -0.39 is 5.92 Å². The summed E-state index contributed by atoms with van der Waals surface area (Å²) >= 11 is 12.0. The number of hydrogen-bond donors (Lipinski definition) is 1. The topological polar surface area (TPSA) is 52.7 Å². The minimum Gasteiger partial charge on any atom is -0.342 e.